The Bertz CT molecular complexity index is 981. The van der Waals surface area contributed by atoms with Crippen molar-refractivity contribution in [1.29, 1.82) is 0 Å². The van der Waals surface area contributed by atoms with Crippen LogP contribution in [0.1, 0.15) is 16.8 Å². The SMILES string of the molecule is COc1cccc(CN(Cc2ccc(N3CCOCC3)cc2)c2nc(CN(C)C)co2)c1. The lowest BCUT2D eigenvalue weighted by Crippen LogP contribution is -2.36. The van der Waals surface area contributed by atoms with Crippen molar-refractivity contribution in [2.75, 3.05) is 57.3 Å². The number of morpholine rings is 1. The Kier molecular flexibility index (Phi) is 7.29. The average molecular weight is 437 g/mol. The molecule has 32 heavy (non-hydrogen) atoms. The van der Waals surface area contributed by atoms with Crippen molar-refractivity contribution in [2.24, 2.45) is 0 Å². The van der Waals surface area contributed by atoms with E-state index < -0.39 is 0 Å². The first-order chi connectivity index (χ1) is 15.6. The fraction of sp³-hybridized carbons (Fsp3) is 0.400. The molecule has 7 nitrogen and oxygen atoms in total. The molecule has 2 heterocycles. The topological polar surface area (TPSA) is 54.2 Å². The molecule has 170 valence electrons. The highest BCUT2D eigenvalue weighted by molar-refractivity contribution is 5.48. The van der Waals surface area contributed by atoms with Gasteiger partial charge >= 0.3 is 0 Å². The molecule has 0 radical (unpaired) electrons. The van der Waals surface area contributed by atoms with Crippen molar-refractivity contribution in [1.82, 2.24) is 9.88 Å². The quantitative estimate of drug-likeness (QED) is 0.506. The van der Waals surface area contributed by atoms with Crippen molar-refractivity contribution in [3.63, 3.8) is 0 Å². The van der Waals surface area contributed by atoms with Gasteiger partial charge in [0.1, 0.15) is 12.0 Å². The summed E-state index contributed by atoms with van der Waals surface area (Å²) in [5.74, 6) is 0.845. The molecule has 2 aromatic carbocycles. The number of hydrogen-bond donors (Lipinski definition) is 0. The Labute approximate surface area is 190 Å². The molecule has 1 fully saturated rings. The maximum absolute atomic E-state index is 5.88. The molecular formula is C25H32N4O3. The van der Waals surface area contributed by atoms with Gasteiger partial charge in [-0.2, -0.15) is 4.98 Å². The summed E-state index contributed by atoms with van der Waals surface area (Å²) in [5, 5.41) is 0. The van der Waals surface area contributed by atoms with Gasteiger partial charge in [-0.15, -0.1) is 0 Å². The van der Waals surface area contributed by atoms with Crippen LogP contribution in [0.15, 0.2) is 59.2 Å². The molecule has 3 aromatic rings. The zero-order valence-corrected chi connectivity index (χ0v) is 19.2. The monoisotopic (exact) mass is 436 g/mol. The van der Waals surface area contributed by atoms with Crippen LogP contribution in [-0.4, -0.2) is 57.4 Å². The van der Waals surface area contributed by atoms with Crippen LogP contribution in [0.3, 0.4) is 0 Å². The number of rotatable bonds is 9. The van der Waals surface area contributed by atoms with Crippen molar-refractivity contribution < 1.29 is 13.9 Å². The van der Waals surface area contributed by atoms with Crippen LogP contribution in [-0.2, 0) is 24.4 Å². The molecule has 0 amide bonds. The van der Waals surface area contributed by atoms with Gasteiger partial charge in [0.15, 0.2) is 0 Å². The summed E-state index contributed by atoms with van der Waals surface area (Å²) in [5.41, 5.74) is 4.50. The number of methoxy groups -OCH3 is 1. The molecule has 1 aromatic heterocycles. The first kappa shape index (κ1) is 22.2. The standard InChI is InChI=1S/C25H32N4O3/c1-27(2)18-22-19-32-25(26-22)29(17-21-5-4-6-24(15-21)30-3)16-20-7-9-23(10-8-20)28-11-13-31-14-12-28/h4-10,15,19H,11-14,16-18H2,1-3H3. The number of hydrogen-bond acceptors (Lipinski definition) is 7. The number of aromatic nitrogens is 1. The van der Waals surface area contributed by atoms with Crippen LogP contribution in [0.25, 0.3) is 0 Å². The van der Waals surface area contributed by atoms with E-state index in [4.69, 9.17) is 18.9 Å². The van der Waals surface area contributed by atoms with E-state index >= 15 is 0 Å². The lowest BCUT2D eigenvalue weighted by molar-refractivity contribution is 0.122. The van der Waals surface area contributed by atoms with E-state index in [1.807, 2.05) is 26.2 Å². The molecule has 0 spiro atoms. The van der Waals surface area contributed by atoms with Gasteiger partial charge in [-0.1, -0.05) is 24.3 Å². The fourth-order valence-corrected chi connectivity index (χ4v) is 3.87. The van der Waals surface area contributed by atoms with Gasteiger partial charge in [0, 0.05) is 38.4 Å². The molecule has 1 saturated heterocycles. The molecule has 0 N–H and O–H groups in total. The predicted octanol–water partition coefficient (Wildman–Crippen LogP) is 3.79. The van der Waals surface area contributed by atoms with Crippen LogP contribution in [0, 0.1) is 0 Å². The first-order valence-corrected chi connectivity index (χ1v) is 11.0. The summed E-state index contributed by atoms with van der Waals surface area (Å²) in [6.45, 7) is 5.56. The summed E-state index contributed by atoms with van der Waals surface area (Å²) in [6.07, 6.45) is 1.75. The Morgan fingerprint density at radius 2 is 1.72 bits per heavy atom. The minimum atomic E-state index is 0.627. The van der Waals surface area contributed by atoms with Gasteiger partial charge in [-0.05, 0) is 49.5 Å². The van der Waals surface area contributed by atoms with Crippen LogP contribution >= 0.6 is 0 Å². The van der Waals surface area contributed by atoms with Crippen molar-refractivity contribution in [3.05, 3.63) is 71.6 Å². The number of oxazole rings is 1. The van der Waals surface area contributed by atoms with E-state index in [0.717, 1.165) is 49.9 Å². The van der Waals surface area contributed by atoms with Crippen molar-refractivity contribution >= 4 is 11.7 Å². The van der Waals surface area contributed by atoms with Crippen LogP contribution in [0.5, 0.6) is 5.75 Å². The number of benzene rings is 2. The highest BCUT2D eigenvalue weighted by Crippen LogP contribution is 2.24. The summed E-state index contributed by atoms with van der Waals surface area (Å²) in [4.78, 5) is 11.4. The van der Waals surface area contributed by atoms with Gasteiger partial charge in [0.05, 0.1) is 26.0 Å². The summed E-state index contributed by atoms with van der Waals surface area (Å²) >= 11 is 0. The van der Waals surface area contributed by atoms with E-state index in [9.17, 15) is 0 Å². The normalized spacial score (nSPS) is 14.1. The molecule has 7 heteroatoms. The van der Waals surface area contributed by atoms with E-state index in [1.54, 1.807) is 13.4 Å². The lowest BCUT2D eigenvalue weighted by Gasteiger charge is -2.29. The zero-order chi connectivity index (χ0) is 22.3. The molecule has 0 saturated carbocycles. The number of nitrogens with zero attached hydrogens (tertiary/aromatic N) is 4. The zero-order valence-electron chi connectivity index (χ0n) is 19.2. The number of ether oxygens (including phenoxy) is 2. The van der Waals surface area contributed by atoms with Gasteiger partial charge in [0.25, 0.3) is 6.01 Å². The molecule has 1 aliphatic rings. The Hall–Kier alpha value is -3.03. The highest BCUT2D eigenvalue weighted by Gasteiger charge is 2.16. The molecular weight excluding hydrogens is 404 g/mol. The second-order valence-electron chi connectivity index (χ2n) is 8.33. The second-order valence-corrected chi connectivity index (χ2v) is 8.33. The minimum Gasteiger partial charge on any atom is -0.497 e. The van der Waals surface area contributed by atoms with Crippen LogP contribution in [0.2, 0.25) is 0 Å². The predicted molar refractivity (Wildman–Crippen MR) is 126 cm³/mol. The Morgan fingerprint density at radius 1 is 0.969 bits per heavy atom. The fourth-order valence-electron chi connectivity index (χ4n) is 3.87. The molecule has 0 atom stereocenters. The third-order valence-corrected chi connectivity index (χ3v) is 5.48. The lowest BCUT2D eigenvalue weighted by atomic mass is 10.1. The van der Waals surface area contributed by atoms with Crippen molar-refractivity contribution in [3.8, 4) is 5.75 Å². The molecule has 0 unspecified atom stereocenters. The third-order valence-electron chi connectivity index (χ3n) is 5.48. The maximum atomic E-state index is 5.88. The molecule has 0 bridgehead atoms. The van der Waals surface area contributed by atoms with Gasteiger partial charge in [-0.3, -0.25) is 0 Å². The Morgan fingerprint density at radius 3 is 2.44 bits per heavy atom. The highest BCUT2D eigenvalue weighted by atomic mass is 16.5. The van der Waals surface area contributed by atoms with Crippen LogP contribution < -0.4 is 14.5 Å². The molecule has 4 rings (SSSR count). The first-order valence-electron chi connectivity index (χ1n) is 11.0. The van der Waals surface area contributed by atoms with Gasteiger partial charge in [0.2, 0.25) is 0 Å². The number of anilines is 2. The summed E-state index contributed by atoms with van der Waals surface area (Å²) in [7, 11) is 5.74. The summed E-state index contributed by atoms with van der Waals surface area (Å²) in [6, 6.07) is 17.5. The molecule has 1 aliphatic heterocycles. The second kappa shape index (κ2) is 10.5. The van der Waals surface area contributed by atoms with Gasteiger partial charge in [-0.25, -0.2) is 0 Å². The maximum Gasteiger partial charge on any atom is 0.298 e. The van der Waals surface area contributed by atoms with E-state index in [-0.39, 0.29) is 0 Å². The molecule has 0 aliphatic carbocycles. The van der Waals surface area contributed by atoms with Crippen LogP contribution in [0.4, 0.5) is 11.7 Å². The third kappa shape index (κ3) is 5.81. The van der Waals surface area contributed by atoms with Crippen molar-refractivity contribution in [2.45, 2.75) is 19.6 Å². The summed E-state index contributed by atoms with van der Waals surface area (Å²) < 4.78 is 16.8. The van der Waals surface area contributed by atoms with E-state index in [0.29, 0.717) is 19.1 Å². The van der Waals surface area contributed by atoms with E-state index in [1.165, 1.54) is 11.3 Å². The largest absolute Gasteiger partial charge is 0.497 e. The average Bonchev–Trinajstić information content (AvgIpc) is 3.27. The van der Waals surface area contributed by atoms with E-state index in [2.05, 4.69) is 51.1 Å². The smallest absolute Gasteiger partial charge is 0.298 e. The van der Waals surface area contributed by atoms with Gasteiger partial charge < -0.3 is 28.6 Å². The minimum absolute atomic E-state index is 0.627. The Balaban J connectivity index is 1.53.